The third-order valence-corrected chi connectivity index (χ3v) is 4.05. The number of rotatable bonds is 6. The van der Waals surface area contributed by atoms with Crippen LogP contribution in [-0.4, -0.2) is 31.7 Å². The first kappa shape index (κ1) is 18.5. The summed E-state index contributed by atoms with van der Waals surface area (Å²) in [4.78, 5) is 11.6. The molecule has 0 bridgehead atoms. The monoisotopic (exact) mass is 435 g/mol. The second-order valence-electron chi connectivity index (χ2n) is 4.27. The number of hydrogen-bond donors (Lipinski definition) is 1. The van der Waals surface area contributed by atoms with Crippen molar-refractivity contribution in [3.8, 4) is 5.75 Å². The van der Waals surface area contributed by atoms with E-state index in [1.165, 1.54) is 6.07 Å². The number of carbonyl (C=O) groups excluding carboxylic acids is 1. The Hall–Kier alpha value is -1.88. The van der Waals surface area contributed by atoms with Gasteiger partial charge in [-0.1, -0.05) is 11.6 Å². The van der Waals surface area contributed by atoms with Crippen LogP contribution in [0.5, 0.6) is 5.75 Å². The van der Waals surface area contributed by atoms with Gasteiger partial charge in [-0.2, -0.15) is 5.10 Å². The third kappa shape index (κ3) is 5.34. The van der Waals surface area contributed by atoms with Crippen LogP contribution >= 0.6 is 27.5 Å². The van der Waals surface area contributed by atoms with Gasteiger partial charge in [0.25, 0.3) is 5.91 Å². The molecular weight excluding hydrogens is 428 g/mol. The minimum atomic E-state index is -4.67. The van der Waals surface area contributed by atoms with Gasteiger partial charge in [0, 0.05) is 5.02 Å². The number of furan rings is 1. The van der Waals surface area contributed by atoms with Crippen molar-refractivity contribution in [3.05, 3.63) is 45.6 Å². The number of ether oxygens (including phenoxy) is 1. The summed E-state index contributed by atoms with van der Waals surface area (Å²) in [6.07, 6.45) is 1.05. The van der Waals surface area contributed by atoms with Crippen LogP contribution < -0.4 is 10.2 Å². The second-order valence-corrected chi connectivity index (χ2v) is 6.87. The Morgan fingerprint density at radius 2 is 2.17 bits per heavy atom. The zero-order valence-electron chi connectivity index (χ0n) is 11.7. The summed E-state index contributed by atoms with van der Waals surface area (Å²) in [5.74, 6) is -0.141. The van der Waals surface area contributed by atoms with E-state index in [2.05, 4.69) is 26.5 Å². The van der Waals surface area contributed by atoms with Crippen molar-refractivity contribution in [1.29, 1.82) is 0 Å². The van der Waals surface area contributed by atoms with E-state index in [0.717, 1.165) is 12.3 Å². The summed E-state index contributed by atoms with van der Waals surface area (Å²) in [6, 6.07) is 7.03. The molecule has 0 aliphatic carbocycles. The lowest BCUT2D eigenvalue weighted by molar-refractivity contribution is -0.123. The number of amides is 1. The lowest BCUT2D eigenvalue weighted by Gasteiger charge is -2.07. The molecule has 0 aliphatic rings. The summed E-state index contributed by atoms with van der Waals surface area (Å²) in [5, 5.41) is 3.34. The summed E-state index contributed by atoms with van der Waals surface area (Å²) in [6.45, 7) is -0.310. The van der Waals surface area contributed by atoms with Crippen molar-refractivity contribution in [3.63, 3.8) is 0 Å². The van der Waals surface area contributed by atoms with Gasteiger partial charge in [-0.3, -0.25) is 4.79 Å². The second kappa shape index (κ2) is 7.79. The maximum absolute atomic E-state index is 11.6. The fourth-order valence-electron chi connectivity index (χ4n) is 1.47. The molecule has 0 saturated carbocycles. The van der Waals surface area contributed by atoms with Gasteiger partial charge >= 0.3 is 0 Å². The lowest BCUT2D eigenvalue weighted by Crippen LogP contribution is -2.24. The van der Waals surface area contributed by atoms with Crippen LogP contribution in [0.1, 0.15) is 5.76 Å². The van der Waals surface area contributed by atoms with Crippen molar-refractivity contribution >= 4 is 49.8 Å². The predicted molar refractivity (Wildman–Crippen MR) is 87.1 cm³/mol. The number of halogens is 2. The van der Waals surface area contributed by atoms with Crippen LogP contribution in [0.15, 0.2) is 49.4 Å². The van der Waals surface area contributed by atoms with Crippen LogP contribution in [0.3, 0.4) is 0 Å². The Morgan fingerprint density at radius 3 is 2.79 bits per heavy atom. The molecule has 1 amide bonds. The molecule has 0 atom stereocenters. The van der Waals surface area contributed by atoms with Gasteiger partial charge in [0.05, 0.1) is 10.7 Å². The van der Waals surface area contributed by atoms with Gasteiger partial charge < -0.3 is 13.7 Å². The van der Waals surface area contributed by atoms with Crippen LogP contribution in [0.25, 0.3) is 0 Å². The summed E-state index contributed by atoms with van der Waals surface area (Å²) in [7, 11) is -4.67. The lowest BCUT2D eigenvalue weighted by atomic mass is 10.3. The molecule has 128 valence electrons. The fraction of sp³-hybridized carbons (Fsp3) is 0.0769. The van der Waals surface area contributed by atoms with E-state index in [9.17, 15) is 17.8 Å². The first-order valence-electron chi connectivity index (χ1n) is 6.21. The molecule has 0 saturated heterocycles. The van der Waals surface area contributed by atoms with Gasteiger partial charge in [0.1, 0.15) is 11.5 Å². The van der Waals surface area contributed by atoms with E-state index in [1.807, 2.05) is 0 Å². The highest BCUT2D eigenvalue weighted by Gasteiger charge is 2.07. The summed E-state index contributed by atoms with van der Waals surface area (Å²) >= 11 is 9.03. The molecular formula is C13H9BrClN2O6S-. The minimum Gasteiger partial charge on any atom is -0.742 e. The summed E-state index contributed by atoms with van der Waals surface area (Å²) < 4.78 is 42.7. The zero-order chi connectivity index (χ0) is 17.7. The minimum absolute atomic E-state index is 0.00825. The van der Waals surface area contributed by atoms with E-state index in [-0.39, 0.29) is 12.4 Å². The molecule has 2 aromatic rings. The van der Waals surface area contributed by atoms with Gasteiger partial charge in [-0.25, -0.2) is 13.8 Å². The quantitative estimate of drug-likeness (QED) is 0.421. The van der Waals surface area contributed by atoms with Crippen molar-refractivity contribution in [1.82, 2.24) is 5.43 Å². The van der Waals surface area contributed by atoms with E-state index in [4.69, 9.17) is 20.8 Å². The number of carbonyl (C=O) groups is 1. The Kier molecular flexibility index (Phi) is 5.99. The van der Waals surface area contributed by atoms with Gasteiger partial charge in [0.15, 0.2) is 16.7 Å². The van der Waals surface area contributed by atoms with Crippen molar-refractivity contribution < 1.29 is 26.9 Å². The molecule has 1 heterocycles. The molecule has 1 aromatic heterocycles. The van der Waals surface area contributed by atoms with Crippen LogP contribution in [0.2, 0.25) is 5.02 Å². The van der Waals surface area contributed by atoms with Crippen LogP contribution in [-0.2, 0) is 14.9 Å². The van der Waals surface area contributed by atoms with E-state index in [0.29, 0.717) is 15.2 Å². The van der Waals surface area contributed by atoms with E-state index < -0.39 is 21.1 Å². The normalized spacial score (nSPS) is 11.6. The zero-order valence-corrected chi connectivity index (χ0v) is 14.9. The SMILES string of the molecule is O=C(COc1ccc(Cl)cc1Br)NN=Cc1ccc(S(=O)(=O)[O-])o1. The van der Waals surface area contributed by atoms with Crippen LogP contribution in [0.4, 0.5) is 0 Å². The Morgan fingerprint density at radius 1 is 1.42 bits per heavy atom. The van der Waals surface area contributed by atoms with Gasteiger partial charge in [-0.05, 0) is 46.3 Å². The third-order valence-electron chi connectivity index (χ3n) is 2.48. The predicted octanol–water partition coefficient (Wildman–Crippen LogP) is 2.13. The fourth-order valence-corrected chi connectivity index (χ4v) is 2.70. The highest BCUT2D eigenvalue weighted by Crippen LogP contribution is 2.27. The molecule has 0 spiro atoms. The average Bonchev–Trinajstić information content (AvgIpc) is 2.95. The maximum Gasteiger partial charge on any atom is 0.277 e. The number of benzene rings is 1. The molecule has 0 radical (unpaired) electrons. The van der Waals surface area contributed by atoms with E-state index in [1.54, 1.807) is 18.2 Å². The standard InChI is InChI=1S/C13H10BrClN2O6S/c14-10-5-8(15)1-3-11(10)22-7-12(18)17-16-6-9-2-4-13(23-9)24(19,20)21/h1-6H,7H2,(H,17,18)(H,19,20,21)/p-1. The number of nitrogens with one attached hydrogen (secondary N) is 1. The molecule has 0 aliphatic heterocycles. The highest BCUT2D eigenvalue weighted by atomic mass is 79.9. The Balaban J connectivity index is 1.85. The molecule has 2 rings (SSSR count). The molecule has 1 N–H and O–H groups in total. The molecule has 1 aromatic carbocycles. The molecule has 24 heavy (non-hydrogen) atoms. The van der Waals surface area contributed by atoms with Crippen molar-refractivity contribution in [2.75, 3.05) is 6.61 Å². The molecule has 8 nitrogen and oxygen atoms in total. The number of hydrogen-bond acceptors (Lipinski definition) is 7. The largest absolute Gasteiger partial charge is 0.742 e. The summed E-state index contributed by atoms with van der Waals surface area (Å²) in [5.41, 5.74) is 2.16. The van der Waals surface area contributed by atoms with Crippen LogP contribution in [0, 0.1) is 0 Å². The Bertz CT molecular complexity index is 880. The van der Waals surface area contributed by atoms with Gasteiger partial charge in [0.2, 0.25) is 5.09 Å². The smallest absolute Gasteiger partial charge is 0.277 e. The highest BCUT2D eigenvalue weighted by molar-refractivity contribution is 9.10. The van der Waals surface area contributed by atoms with Crippen molar-refractivity contribution in [2.45, 2.75) is 5.09 Å². The first-order valence-corrected chi connectivity index (χ1v) is 8.79. The first-order chi connectivity index (χ1) is 11.3. The number of hydrazone groups is 1. The topological polar surface area (TPSA) is 121 Å². The molecule has 11 heteroatoms. The van der Waals surface area contributed by atoms with E-state index >= 15 is 0 Å². The molecule has 0 fully saturated rings. The average molecular weight is 437 g/mol. The van der Waals surface area contributed by atoms with Gasteiger partial charge in [-0.15, -0.1) is 0 Å². The molecule has 0 unspecified atom stereocenters. The maximum atomic E-state index is 11.6. The van der Waals surface area contributed by atoms with Crippen molar-refractivity contribution in [2.24, 2.45) is 5.10 Å². The number of nitrogens with zero attached hydrogens (tertiary/aromatic N) is 1. The Labute approximate surface area is 150 Å².